The zero-order valence-corrected chi connectivity index (χ0v) is 16.8. The molecule has 0 aromatic heterocycles. The summed E-state index contributed by atoms with van der Waals surface area (Å²) < 4.78 is 16.5. The molecule has 28 heavy (non-hydrogen) atoms. The summed E-state index contributed by atoms with van der Waals surface area (Å²) in [5, 5.41) is 0. The molecule has 152 valence electrons. The van der Waals surface area contributed by atoms with Crippen LogP contribution in [0.5, 0.6) is 0 Å². The molecule has 6 heteroatoms. The molecular weight excluding hydrogens is 378 g/mol. The molecule has 2 aromatic carbocycles. The average Bonchev–Trinajstić information content (AvgIpc) is 2.73. The normalized spacial score (nSPS) is 14.5. The van der Waals surface area contributed by atoms with Gasteiger partial charge in [-0.05, 0) is 11.1 Å². The zero-order chi connectivity index (χ0) is 18.7. The van der Waals surface area contributed by atoms with E-state index in [0.717, 1.165) is 44.0 Å². The Morgan fingerprint density at radius 1 is 0.893 bits per heavy atom. The second kappa shape index (κ2) is 12.5. The number of nitrogens with zero attached hydrogens (tertiary/aromatic N) is 1. The van der Waals surface area contributed by atoms with E-state index in [-0.39, 0.29) is 25.0 Å². The van der Waals surface area contributed by atoms with Gasteiger partial charge in [-0.3, -0.25) is 9.69 Å². The molecule has 5 nitrogen and oxygen atoms in total. The van der Waals surface area contributed by atoms with Gasteiger partial charge in [-0.15, -0.1) is 12.4 Å². The van der Waals surface area contributed by atoms with Crippen LogP contribution in [0, 0.1) is 0 Å². The molecule has 3 rings (SSSR count). The maximum atomic E-state index is 12.7. The third kappa shape index (κ3) is 6.91. The average molecular weight is 406 g/mol. The Morgan fingerprint density at radius 2 is 1.46 bits per heavy atom. The molecule has 0 atom stereocenters. The van der Waals surface area contributed by atoms with Crippen LogP contribution in [0.3, 0.4) is 0 Å². The fraction of sp³-hybridized carbons (Fsp3) is 0.409. The summed E-state index contributed by atoms with van der Waals surface area (Å²) in [5.74, 6) is -0.662. The van der Waals surface area contributed by atoms with E-state index in [1.54, 1.807) is 0 Å². The highest BCUT2D eigenvalue weighted by Gasteiger charge is 2.23. The van der Waals surface area contributed by atoms with Gasteiger partial charge in [0.15, 0.2) is 0 Å². The molecule has 0 bridgehead atoms. The van der Waals surface area contributed by atoms with E-state index in [1.165, 1.54) is 0 Å². The minimum Gasteiger partial charge on any atom is -0.463 e. The van der Waals surface area contributed by atoms with Crippen LogP contribution < -0.4 is 0 Å². The van der Waals surface area contributed by atoms with E-state index in [1.807, 2.05) is 60.7 Å². The van der Waals surface area contributed by atoms with Crippen LogP contribution in [0.2, 0.25) is 0 Å². The van der Waals surface area contributed by atoms with Crippen molar-refractivity contribution in [2.75, 3.05) is 52.7 Å². The van der Waals surface area contributed by atoms with E-state index in [4.69, 9.17) is 14.2 Å². The van der Waals surface area contributed by atoms with Crippen molar-refractivity contribution in [1.29, 1.82) is 0 Å². The Morgan fingerprint density at radius 3 is 2.04 bits per heavy atom. The van der Waals surface area contributed by atoms with Crippen molar-refractivity contribution in [3.8, 4) is 0 Å². The maximum Gasteiger partial charge on any atom is 0.318 e. The van der Waals surface area contributed by atoms with Crippen molar-refractivity contribution in [1.82, 2.24) is 4.90 Å². The lowest BCUT2D eigenvalue weighted by Crippen LogP contribution is -2.38. The number of esters is 1. The number of rotatable bonds is 9. The van der Waals surface area contributed by atoms with Gasteiger partial charge in [0.25, 0.3) is 0 Å². The van der Waals surface area contributed by atoms with Crippen molar-refractivity contribution in [2.24, 2.45) is 0 Å². The van der Waals surface area contributed by atoms with Crippen LogP contribution in [0.1, 0.15) is 17.0 Å². The smallest absolute Gasteiger partial charge is 0.318 e. The van der Waals surface area contributed by atoms with E-state index >= 15 is 0 Å². The van der Waals surface area contributed by atoms with Gasteiger partial charge in [0, 0.05) is 19.6 Å². The summed E-state index contributed by atoms with van der Waals surface area (Å²) in [6, 6.07) is 19.5. The topological polar surface area (TPSA) is 48.0 Å². The number of carbonyl (C=O) groups excluding carboxylic acids is 1. The van der Waals surface area contributed by atoms with Crippen molar-refractivity contribution in [3.63, 3.8) is 0 Å². The molecule has 0 N–H and O–H groups in total. The lowest BCUT2D eigenvalue weighted by atomic mass is 9.91. The van der Waals surface area contributed by atoms with Crippen LogP contribution in [0.4, 0.5) is 0 Å². The van der Waals surface area contributed by atoms with Gasteiger partial charge in [0.2, 0.25) is 0 Å². The number of morpholine rings is 1. The molecule has 1 fully saturated rings. The number of carbonyl (C=O) groups is 1. The van der Waals surface area contributed by atoms with Crippen molar-refractivity contribution >= 4 is 18.4 Å². The Balaban J connectivity index is 0.00000280. The van der Waals surface area contributed by atoms with Gasteiger partial charge >= 0.3 is 5.97 Å². The number of ether oxygens (including phenoxy) is 3. The number of hydrogen-bond donors (Lipinski definition) is 0. The van der Waals surface area contributed by atoms with Crippen molar-refractivity contribution in [2.45, 2.75) is 5.92 Å². The van der Waals surface area contributed by atoms with E-state index in [0.29, 0.717) is 13.2 Å². The molecule has 1 aliphatic rings. The van der Waals surface area contributed by atoms with Gasteiger partial charge in [0.05, 0.1) is 26.4 Å². The van der Waals surface area contributed by atoms with E-state index in [2.05, 4.69) is 4.90 Å². The number of hydrogen-bond acceptors (Lipinski definition) is 5. The van der Waals surface area contributed by atoms with Gasteiger partial charge in [-0.25, -0.2) is 0 Å². The minimum atomic E-state index is -0.416. The van der Waals surface area contributed by atoms with Crippen LogP contribution in [-0.4, -0.2) is 63.5 Å². The number of halogens is 1. The highest BCUT2D eigenvalue weighted by Crippen LogP contribution is 2.25. The third-order valence-corrected chi connectivity index (χ3v) is 4.63. The van der Waals surface area contributed by atoms with Crippen molar-refractivity contribution in [3.05, 3.63) is 71.8 Å². The van der Waals surface area contributed by atoms with Crippen LogP contribution in [0.15, 0.2) is 60.7 Å². The van der Waals surface area contributed by atoms with Crippen LogP contribution in [0.25, 0.3) is 0 Å². The first-order valence-corrected chi connectivity index (χ1v) is 9.49. The Labute approximate surface area is 173 Å². The Hall–Kier alpha value is -1.92. The maximum absolute atomic E-state index is 12.7. The predicted molar refractivity (Wildman–Crippen MR) is 111 cm³/mol. The minimum absolute atomic E-state index is 0. The fourth-order valence-electron chi connectivity index (χ4n) is 3.16. The molecule has 1 saturated heterocycles. The lowest BCUT2D eigenvalue weighted by Gasteiger charge is -2.26. The summed E-state index contributed by atoms with van der Waals surface area (Å²) in [4.78, 5) is 15.0. The molecular formula is C22H28ClNO4. The molecule has 0 radical (unpaired) electrons. The third-order valence-electron chi connectivity index (χ3n) is 4.63. The molecule has 0 amide bonds. The second-order valence-corrected chi connectivity index (χ2v) is 6.49. The highest BCUT2D eigenvalue weighted by molar-refractivity contribution is 5.85. The highest BCUT2D eigenvalue weighted by atomic mass is 35.5. The fourth-order valence-corrected chi connectivity index (χ4v) is 3.16. The predicted octanol–water partition coefficient (Wildman–Crippen LogP) is 3.13. The Kier molecular flexibility index (Phi) is 10.0. The molecule has 0 spiro atoms. The summed E-state index contributed by atoms with van der Waals surface area (Å²) in [6.07, 6.45) is 0. The van der Waals surface area contributed by atoms with E-state index in [9.17, 15) is 4.79 Å². The van der Waals surface area contributed by atoms with Crippen LogP contribution >= 0.6 is 12.4 Å². The molecule has 1 heterocycles. The number of benzene rings is 2. The summed E-state index contributed by atoms with van der Waals surface area (Å²) >= 11 is 0. The molecule has 0 saturated carbocycles. The second-order valence-electron chi connectivity index (χ2n) is 6.49. The van der Waals surface area contributed by atoms with E-state index < -0.39 is 5.92 Å². The molecule has 0 aliphatic carbocycles. The summed E-state index contributed by atoms with van der Waals surface area (Å²) in [7, 11) is 0. The molecule has 2 aromatic rings. The molecule has 1 aliphatic heterocycles. The van der Waals surface area contributed by atoms with Gasteiger partial charge in [0.1, 0.15) is 12.5 Å². The summed E-state index contributed by atoms with van der Waals surface area (Å²) in [5.41, 5.74) is 1.86. The SMILES string of the molecule is Cl.O=C(OCCOCCN1CCOCC1)C(c1ccccc1)c1ccccc1. The first-order chi connectivity index (χ1) is 13.3. The van der Waals surface area contributed by atoms with Gasteiger partial charge < -0.3 is 14.2 Å². The standard InChI is InChI=1S/C22H27NO4.ClH/c24-22(27-18-17-26-16-13-23-11-14-25-15-12-23)21(19-7-3-1-4-8-19)20-9-5-2-6-10-20;/h1-10,21H,11-18H2;1H. The Bertz CT molecular complexity index is 638. The van der Waals surface area contributed by atoms with Gasteiger partial charge in [-0.1, -0.05) is 60.7 Å². The first kappa shape index (κ1) is 22.4. The quantitative estimate of drug-likeness (QED) is 0.474. The molecule has 0 unspecified atom stereocenters. The van der Waals surface area contributed by atoms with Gasteiger partial charge in [-0.2, -0.15) is 0 Å². The largest absolute Gasteiger partial charge is 0.463 e. The summed E-state index contributed by atoms with van der Waals surface area (Å²) in [6.45, 7) is 5.68. The van der Waals surface area contributed by atoms with Crippen molar-refractivity contribution < 1.29 is 19.0 Å². The zero-order valence-electron chi connectivity index (χ0n) is 16.0. The first-order valence-electron chi connectivity index (χ1n) is 9.49. The van der Waals surface area contributed by atoms with Crippen LogP contribution in [-0.2, 0) is 19.0 Å². The lowest BCUT2D eigenvalue weighted by molar-refractivity contribution is -0.146. The monoisotopic (exact) mass is 405 g/mol.